The highest BCUT2D eigenvalue weighted by Crippen LogP contribution is 2.23. The lowest BCUT2D eigenvalue weighted by Gasteiger charge is -2.18. The van der Waals surface area contributed by atoms with Gasteiger partial charge in [-0.2, -0.15) is 0 Å². The topological polar surface area (TPSA) is 32.3 Å². The SMILES string of the molecule is O=C1c2ccccc2CN1Nc1ccc(Cl)cc1. The molecule has 2 aromatic carbocycles. The van der Waals surface area contributed by atoms with Crippen LogP contribution in [0.5, 0.6) is 0 Å². The van der Waals surface area contributed by atoms with Gasteiger partial charge in [0.25, 0.3) is 5.91 Å². The molecule has 0 fully saturated rings. The Morgan fingerprint density at radius 3 is 2.50 bits per heavy atom. The number of carbonyl (C=O) groups is 1. The van der Waals surface area contributed by atoms with E-state index in [0.717, 1.165) is 16.8 Å². The van der Waals surface area contributed by atoms with Crippen molar-refractivity contribution in [2.24, 2.45) is 0 Å². The van der Waals surface area contributed by atoms with Crippen LogP contribution in [-0.4, -0.2) is 10.9 Å². The van der Waals surface area contributed by atoms with Gasteiger partial charge >= 0.3 is 0 Å². The minimum Gasteiger partial charge on any atom is -0.295 e. The first-order valence-corrected chi connectivity index (χ1v) is 6.04. The van der Waals surface area contributed by atoms with Gasteiger partial charge in [-0.1, -0.05) is 29.8 Å². The molecule has 0 atom stereocenters. The van der Waals surface area contributed by atoms with Crippen molar-refractivity contribution in [1.29, 1.82) is 0 Å². The first kappa shape index (κ1) is 11.1. The molecule has 1 aliphatic heterocycles. The highest BCUT2D eigenvalue weighted by Gasteiger charge is 2.26. The van der Waals surface area contributed by atoms with Crippen LogP contribution in [0.25, 0.3) is 0 Å². The molecule has 0 unspecified atom stereocenters. The van der Waals surface area contributed by atoms with Gasteiger partial charge in [0.2, 0.25) is 0 Å². The summed E-state index contributed by atoms with van der Waals surface area (Å²) in [6.07, 6.45) is 0. The van der Waals surface area contributed by atoms with Crippen molar-refractivity contribution in [3.63, 3.8) is 0 Å². The standard InChI is InChI=1S/C14H11ClN2O/c15-11-5-7-12(8-6-11)16-17-9-10-3-1-2-4-13(10)14(17)18/h1-8,16H,9H2. The van der Waals surface area contributed by atoms with E-state index >= 15 is 0 Å². The van der Waals surface area contributed by atoms with Crippen LogP contribution in [-0.2, 0) is 6.54 Å². The van der Waals surface area contributed by atoms with E-state index in [9.17, 15) is 4.79 Å². The third kappa shape index (κ3) is 1.93. The molecule has 0 aliphatic carbocycles. The van der Waals surface area contributed by atoms with Crippen LogP contribution < -0.4 is 5.43 Å². The highest BCUT2D eigenvalue weighted by molar-refractivity contribution is 6.30. The van der Waals surface area contributed by atoms with Crippen LogP contribution in [0.3, 0.4) is 0 Å². The Bertz CT molecular complexity index is 595. The van der Waals surface area contributed by atoms with Crippen molar-refractivity contribution >= 4 is 23.2 Å². The fraction of sp³-hybridized carbons (Fsp3) is 0.0714. The molecule has 1 N–H and O–H groups in total. The second kappa shape index (κ2) is 4.35. The molecule has 90 valence electrons. The lowest BCUT2D eigenvalue weighted by molar-refractivity contribution is 0.0814. The number of nitrogens with one attached hydrogen (secondary N) is 1. The molecule has 0 bridgehead atoms. The summed E-state index contributed by atoms with van der Waals surface area (Å²) in [6.45, 7) is 0.581. The first-order chi connectivity index (χ1) is 8.74. The Morgan fingerprint density at radius 2 is 1.78 bits per heavy atom. The van der Waals surface area contributed by atoms with E-state index < -0.39 is 0 Å². The summed E-state index contributed by atoms with van der Waals surface area (Å²) in [6, 6.07) is 14.9. The number of halogens is 1. The molecule has 1 amide bonds. The number of hydrazine groups is 1. The maximum atomic E-state index is 12.1. The predicted molar refractivity (Wildman–Crippen MR) is 71.4 cm³/mol. The maximum Gasteiger partial charge on any atom is 0.272 e. The molecule has 0 aromatic heterocycles. The van der Waals surface area contributed by atoms with E-state index in [0.29, 0.717) is 11.6 Å². The number of fused-ring (bicyclic) bond motifs is 1. The van der Waals surface area contributed by atoms with Crippen molar-refractivity contribution in [1.82, 2.24) is 5.01 Å². The van der Waals surface area contributed by atoms with E-state index in [1.54, 1.807) is 17.1 Å². The third-order valence-corrected chi connectivity index (χ3v) is 3.18. The first-order valence-electron chi connectivity index (χ1n) is 5.66. The van der Waals surface area contributed by atoms with Gasteiger partial charge in [0, 0.05) is 10.6 Å². The van der Waals surface area contributed by atoms with Gasteiger partial charge in [0.1, 0.15) is 0 Å². The van der Waals surface area contributed by atoms with Gasteiger partial charge in [0.05, 0.1) is 12.2 Å². The van der Waals surface area contributed by atoms with Gasteiger partial charge in [-0.15, -0.1) is 0 Å². The number of hydrogen-bond donors (Lipinski definition) is 1. The number of rotatable bonds is 2. The number of amides is 1. The zero-order valence-corrected chi connectivity index (χ0v) is 10.3. The minimum atomic E-state index is 0.000509. The monoisotopic (exact) mass is 258 g/mol. The minimum absolute atomic E-state index is 0.000509. The average molecular weight is 259 g/mol. The smallest absolute Gasteiger partial charge is 0.272 e. The second-order valence-corrected chi connectivity index (χ2v) is 4.60. The Hall–Kier alpha value is -2.00. The molecule has 1 heterocycles. The summed E-state index contributed by atoms with van der Waals surface area (Å²) in [7, 11) is 0. The van der Waals surface area contributed by atoms with Gasteiger partial charge in [0.15, 0.2) is 0 Å². The largest absolute Gasteiger partial charge is 0.295 e. The predicted octanol–water partition coefficient (Wildman–Crippen LogP) is 3.32. The van der Waals surface area contributed by atoms with Crippen molar-refractivity contribution < 1.29 is 4.79 Å². The number of benzene rings is 2. The average Bonchev–Trinajstić information content (AvgIpc) is 2.70. The van der Waals surface area contributed by atoms with Crippen LogP contribution in [0.4, 0.5) is 5.69 Å². The zero-order valence-electron chi connectivity index (χ0n) is 9.56. The van der Waals surface area contributed by atoms with Gasteiger partial charge < -0.3 is 0 Å². The summed E-state index contributed by atoms with van der Waals surface area (Å²) in [5.41, 5.74) is 5.75. The molecular formula is C14H11ClN2O. The molecular weight excluding hydrogens is 248 g/mol. The van der Waals surface area contributed by atoms with E-state index in [2.05, 4.69) is 5.43 Å². The molecule has 3 rings (SSSR count). The van der Waals surface area contributed by atoms with Crippen LogP contribution in [0.2, 0.25) is 5.02 Å². The molecule has 0 spiro atoms. The molecule has 4 heteroatoms. The van der Waals surface area contributed by atoms with Crippen molar-refractivity contribution in [3.8, 4) is 0 Å². The molecule has 0 saturated carbocycles. The normalized spacial score (nSPS) is 13.6. The van der Waals surface area contributed by atoms with E-state index in [4.69, 9.17) is 11.6 Å². The molecule has 0 saturated heterocycles. The third-order valence-electron chi connectivity index (χ3n) is 2.93. The summed E-state index contributed by atoms with van der Waals surface area (Å²) in [5, 5.41) is 2.28. The molecule has 2 aromatic rings. The lowest BCUT2D eigenvalue weighted by Crippen LogP contribution is -2.29. The number of nitrogens with zero attached hydrogens (tertiary/aromatic N) is 1. The Labute approximate surface area is 110 Å². The van der Waals surface area contributed by atoms with Crippen LogP contribution in [0, 0.1) is 0 Å². The zero-order chi connectivity index (χ0) is 12.5. The maximum absolute atomic E-state index is 12.1. The Balaban J connectivity index is 1.81. The van der Waals surface area contributed by atoms with Crippen LogP contribution in [0.1, 0.15) is 15.9 Å². The van der Waals surface area contributed by atoms with Gasteiger partial charge in [-0.05, 0) is 35.9 Å². The fourth-order valence-electron chi connectivity index (χ4n) is 2.02. The summed E-state index contributed by atoms with van der Waals surface area (Å²) in [4.78, 5) is 12.1. The molecule has 18 heavy (non-hydrogen) atoms. The highest BCUT2D eigenvalue weighted by atomic mass is 35.5. The quantitative estimate of drug-likeness (QED) is 0.896. The fourth-order valence-corrected chi connectivity index (χ4v) is 2.15. The molecule has 0 radical (unpaired) electrons. The molecule has 1 aliphatic rings. The second-order valence-electron chi connectivity index (χ2n) is 4.17. The molecule has 3 nitrogen and oxygen atoms in total. The van der Waals surface area contributed by atoms with E-state index in [1.165, 1.54) is 0 Å². The van der Waals surface area contributed by atoms with Crippen molar-refractivity contribution in [2.75, 3.05) is 5.43 Å². The van der Waals surface area contributed by atoms with E-state index in [-0.39, 0.29) is 5.91 Å². The number of hydrogen-bond acceptors (Lipinski definition) is 2. The van der Waals surface area contributed by atoms with E-state index in [1.807, 2.05) is 36.4 Å². The van der Waals surface area contributed by atoms with Crippen LogP contribution in [0.15, 0.2) is 48.5 Å². The van der Waals surface area contributed by atoms with Gasteiger partial charge in [-0.3, -0.25) is 10.2 Å². The Morgan fingerprint density at radius 1 is 1.06 bits per heavy atom. The summed E-state index contributed by atoms with van der Waals surface area (Å²) < 4.78 is 0. The van der Waals surface area contributed by atoms with Gasteiger partial charge in [-0.25, -0.2) is 5.01 Å². The summed E-state index contributed by atoms with van der Waals surface area (Å²) >= 11 is 5.82. The number of carbonyl (C=O) groups excluding carboxylic acids is 1. The Kier molecular flexibility index (Phi) is 2.68. The van der Waals surface area contributed by atoms with Crippen LogP contribution >= 0.6 is 11.6 Å². The lowest BCUT2D eigenvalue weighted by atomic mass is 10.1. The van der Waals surface area contributed by atoms with Crippen molar-refractivity contribution in [2.45, 2.75) is 6.54 Å². The number of anilines is 1. The summed E-state index contributed by atoms with van der Waals surface area (Å²) in [5.74, 6) is 0.000509. The van der Waals surface area contributed by atoms with Crippen molar-refractivity contribution in [3.05, 3.63) is 64.7 Å².